The van der Waals surface area contributed by atoms with E-state index < -0.39 is 16.3 Å². The molecule has 1 amide bonds. The minimum Gasteiger partial charge on any atom is -0.348 e. The number of aryl methyl sites for hydroxylation is 1. The second kappa shape index (κ2) is 8.98. The Morgan fingerprint density at radius 2 is 1.97 bits per heavy atom. The summed E-state index contributed by atoms with van der Waals surface area (Å²) in [5.41, 5.74) is 1.93. The van der Waals surface area contributed by atoms with Crippen molar-refractivity contribution in [2.75, 3.05) is 20.6 Å². The first-order valence-corrected chi connectivity index (χ1v) is 11.1. The van der Waals surface area contributed by atoms with Crippen LogP contribution in [0.4, 0.5) is 0 Å². The lowest BCUT2D eigenvalue weighted by molar-refractivity contribution is 0.0949. The first-order chi connectivity index (χ1) is 13.8. The SMILES string of the molecule is Cc1nc([C@@H]2CCCCN2S(=O)(=O)N(C)C)ncc1C(=O)NCc1ccccc1. The molecule has 0 spiro atoms. The van der Waals surface area contributed by atoms with Gasteiger partial charge in [0.05, 0.1) is 17.3 Å². The fourth-order valence-corrected chi connectivity index (χ4v) is 4.69. The molecule has 2 aromatic rings. The van der Waals surface area contributed by atoms with Gasteiger partial charge in [0.1, 0.15) is 5.82 Å². The number of nitrogens with one attached hydrogen (secondary N) is 1. The molecule has 1 atom stereocenters. The Bertz CT molecular complexity index is 963. The molecule has 1 aliphatic rings. The van der Waals surface area contributed by atoms with Gasteiger partial charge >= 0.3 is 0 Å². The summed E-state index contributed by atoms with van der Waals surface area (Å²) in [4.78, 5) is 21.4. The van der Waals surface area contributed by atoms with Crippen LogP contribution >= 0.6 is 0 Å². The molecule has 1 saturated heterocycles. The van der Waals surface area contributed by atoms with E-state index in [9.17, 15) is 13.2 Å². The van der Waals surface area contributed by atoms with Crippen molar-refractivity contribution in [3.63, 3.8) is 0 Å². The lowest BCUT2D eigenvalue weighted by atomic mass is 10.0. The van der Waals surface area contributed by atoms with Gasteiger partial charge in [-0.25, -0.2) is 9.97 Å². The van der Waals surface area contributed by atoms with Gasteiger partial charge in [0.25, 0.3) is 16.1 Å². The number of carbonyl (C=O) groups is 1. The van der Waals surface area contributed by atoms with Crippen LogP contribution < -0.4 is 5.32 Å². The minimum absolute atomic E-state index is 0.251. The van der Waals surface area contributed by atoms with Gasteiger partial charge in [0.15, 0.2) is 0 Å². The molecule has 1 N–H and O–H groups in total. The second-order valence-electron chi connectivity index (χ2n) is 7.31. The zero-order chi connectivity index (χ0) is 21.0. The maximum absolute atomic E-state index is 12.7. The van der Waals surface area contributed by atoms with Gasteiger partial charge < -0.3 is 5.32 Å². The van der Waals surface area contributed by atoms with E-state index in [0.717, 1.165) is 18.4 Å². The third-order valence-corrected chi connectivity index (χ3v) is 7.00. The van der Waals surface area contributed by atoms with Gasteiger partial charge in [0.2, 0.25) is 0 Å². The minimum atomic E-state index is -3.57. The molecule has 0 saturated carbocycles. The van der Waals surface area contributed by atoms with E-state index in [1.165, 1.54) is 28.9 Å². The molecule has 156 valence electrons. The van der Waals surface area contributed by atoms with Crippen LogP contribution in [0.25, 0.3) is 0 Å². The number of rotatable bonds is 6. The number of hydrogen-bond acceptors (Lipinski definition) is 5. The van der Waals surface area contributed by atoms with E-state index in [-0.39, 0.29) is 5.91 Å². The summed E-state index contributed by atoms with van der Waals surface area (Å²) in [7, 11) is -0.526. The van der Waals surface area contributed by atoms with E-state index in [0.29, 0.717) is 36.6 Å². The summed E-state index contributed by atoms with van der Waals surface area (Å²) < 4.78 is 28.0. The average molecular weight is 418 g/mol. The third kappa shape index (κ3) is 4.80. The Kier molecular flexibility index (Phi) is 6.61. The topological polar surface area (TPSA) is 95.5 Å². The van der Waals surface area contributed by atoms with Gasteiger partial charge in [-0.15, -0.1) is 0 Å². The predicted molar refractivity (Wildman–Crippen MR) is 110 cm³/mol. The number of hydrogen-bond donors (Lipinski definition) is 1. The summed E-state index contributed by atoms with van der Waals surface area (Å²) in [5.74, 6) is 0.187. The maximum atomic E-state index is 12.7. The summed E-state index contributed by atoms with van der Waals surface area (Å²) >= 11 is 0. The number of benzene rings is 1. The van der Waals surface area contributed by atoms with Crippen LogP contribution in [-0.2, 0) is 16.8 Å². The summed E-state index contributed by atoms with van der Waals surface area (Å²) in [6.07, 6.45) is 3.87. The van der Waals surface area contributed by atoms with Gasteiger partial charge in [-0.3, -0.25) is 4.79 Å². The Balaban J connectivity index is 1.78. The lowest BCUT2D eigenvalue weighted by Gasteiger charge is -2.35. The highest BCUT2D eigenvalue weighted by molar-refractivity contribution is 7.86. The van der Waals surface area contributed by atoms with E-state index >= 15 is 0 Å². The first kappa shape index (κ1) is 21.4. The van der Waals surface area contributed by atoms with Crippen LogP contribution in [0.3, 0.4) is 0 Å². The molecule has 1 aromatic carbocycles. The quantitative estimate of drug-likeness (QED) is 0.776. The van der Waals surface area contributed by atoms with Gasteiger partial charge in [-0.05, 0) is 25.3 Å². The van der Waals surface area contributed by atoms with E-state index in [4.69, 9.17) is 0 Å². The first-order valence-electron chi connectivity index (χ1n) is 9.65. The highest BCUT2D eigenvalue weighted by atomic mass is 32.2. The largest absolute Gasteiger partial charge is 0.348 e. The van der Waals surface area contributed by atoms with Crippen molar-refractivity contribution in [1.29, 1.82) is 0 Å². The number of amides is 1. The molecular formula is C20H27N5O3S. The Morgan fingerprint density at radius 1 is 1.24 bits per heavy atom. The Hall–Kier alpha value is -2.36. The molecule has 0 aliphatic carbocycles. The molecule has 9 heteroatoms. The molecule has 8 nitrogen and oxygen atoms in total. The van der Waals surface area contributed by atoms with Crippen LogP contribution in [0, 0.1) is 6.92 Å². The van der Waals surface area contributed by atoms with Crippen molar-refractivity contribution in [2.24, 2.45) is 0 Å². The average Bonchev–Trinajstić information content (AvgIpc) is 2.72. The Morgan fingerprint density at radius 3 is 2.62 bits per heavy atom. The normalized spacial score (nSPS) is 18.0. The standard InChI is InChI=1S/C20H27N5O3S/c1-15-17(20(26)22-13-16-9-5-4-6-10-16)14-21-19(23-15)18-11-7-8-12-25(18)29(27,28)24(2)3/h4-6,9-10,14,18H,7-8,11-13H2,1-3H3,(H,22,26)/t18-/m0/s1. The maximum Gasteiger partial charge on any atom is 0.282 e. The molecule has 29 heavy (non-hydrogen) atoms. The lowest BCUT2D eigenvalue weighted by Crippen LogP contribution is -2.45. The summed E-state index contributed by atoms with van der Waals surface area (Å²) in [6, 6.07) is 9.22. The zero-order valence-electron chi connectivity index (χ0n) is 17.0. The van der Waals surface area contributed by atoms with Crippen molar-refractivity contribution in [3.05, 3.63) is 59.2 Å². The van der Waals surface area contributed by atoms with Gasteiger partial charge in [0, 0.05) is 33.4 Å². The van der Waals surface area contributed by atoms with Crippen LogP contribution in [0.1, 0.15) is 52.7 Å². The molecule has 0 radical (unpaired) electrons. The number of nitrogens with zero attached hydrogens (tertiary/aromatic N) is 4. The molecular weight excluding hydrogens is 390 g/mol. The van der Waals surface area contributed by atoms with Gasteiger partial charge in [-0.2, -0.15) is 17.0 Å². The smallest absolute Gasteiger partial charge is 0.282 e. The van der Waals surface area contributed by atoms with Crippen molar-refractivity contribution >= 4 is 16.1 Å². The van der Waals surface area contributed by atoms with E-state index in [1.54, 1.807) is 6.92 Å². The van der Waals surface area contributed by atoms with E-state index in [1.807, 2.05) is 30.3 Å². The van der Waals surface area contributed by atoms with Crippen molar-refractivity contribution in [3.8, 4) is 0 Å². The molecule has 3 rings (SSSR count). The molecule has 2 heterocycles. The van der Waals surface area contributed by atoms with Crippen molar-refractivity contribution < 1.29 is 13.2 Å². The summed E-state index contributed by atoms with van der Waals surface area (Å²) in [5, 5.41) is 2.87. The Labute approximate surface area is 172 Å². The highest BCUT2D eigenvalue weighted by Crippen LogP contribution is 2.32. The van der Waals surface area contributed by atoms with Crippen LogP contribution in [-0.4, -0.2) is 53.5 Å². The van der Waals surface area contributed by atoms with Crippen LogP contribution in [0.2, 0.25) is 0 Å². The molecule has 1 fully saturated rings. The number of aromatic nitrogens is 2. The molecule has 1 aliphatic heterocycles. The van der Waals surface area contributed by atoms with Gasteiger partial charge in [-0.1, -0.05) is 36.8 Å². The van der Waals surface area contributed by atoms with Crippen LogP contribution in [0.15, 0.2) is 36.5 Å². The van der Waals surface area contributed by atoms with Crippen molar-refractivity contribution in [1.82, 2.24) is 23.9 Å². The summed E-state index contributed by atoms with van der Waals surface area (Å²) in [6.45, 7) is 2.60. The van der Waals surface area contributed by atoms with E-state index in [2.05, 4.69) is 15.3 Å². The molecule has 0 bridgehead atoms. The fourth-order valence-electron chi connectivity index (χ4n) is 3.39. The molecule has 1 aromatic heterocycles. The van der Waals surface area contributed by atoms with Crippen LogP contribution in [0.5, 0.6) is 0 Å². The number of carbonyl (C=O) groups excluding carboxylic acids is 1. The monoisotopic (exact) mass is 417 g/mol. The number of piperidine rings is 1. The highest BCUT2D eigenvalue weighted by Gasteiger charge is 2.36. The van der Waals surface area contributed by atoms with Crippen molar-refractivity contribution in [2.45, 2.75) is 38.8 Å². The second-order valence-corrected chi connectivity index (χ2v) is 9.40. The third-order valence-electron chi connectivity index (χ3n) is 5.05. The fraction of sp³-hybridized carbons (Fsp3) is 0.450. The molecule has 0 unspecified atom stereocenters. The predicted octanol–water partition coefficient (Wildman–Crippen LogP) is 2.05. The zero-order valence-corrected chi connectivity index (χ0v) is 17.8.